The first-order chi connectivity index (χ1) is 8.40. The molecule has 0 aliphatic carbocycles. The maximum Gasteiger partial charge on any atom is 0.304 e. The summed E-state index contributed by atoms with van der Waals surface area (Å²) in [6.07, 6.45) is -11.7. The fourth-order valence-electron chi connectivity index (χ4n) is 0.877. The Morgan fingerprint density at radius 2 is 1.44 bits per heavy atom. The largest absolute Gasteiger partial charge is 0.454 e. The molecule has 0 spiro atoms. The summed E-state index contributed by atoms with van der Waals surface area (Å²) in [4.78, 5) is 3.33. The van der Waals surface area contributed by atoms with Gasteiger partial charge in [0.2, 0.25) is 5.88 Å². The Labute approximate surface area is 97.3 Å². The first kappa shape index (κ1) is 14.4. The zero-order chi connectivity index (χ0) is 13.7. The summed E-state index contributed by atoms with van der Waals surface area (Å²) in [7, 11) is 0. The van der Waals surface area contributed by atoms with Crippen molar-refractivity contribution in [1.29, 1.82) is 0 Å². The molecule has 1 heterocycles. The van der Waals surface area contributed by atoms with Crippen LogP contribution in [-0.2, 0) is 0 Å². The van der Waals surface area contributed by atoms with Gasteiger partial charge in [0.05, 0.1) is 0 Å². The van der Waals surface area contributed by atoms with E-state index >= 15 is 0 Å². The molecule has 0 radical (unpaired) electrons. The summed E-state index contributed by atoms with van der Waals surface area (Å²) in [6.45, 7) is 0. The quantitative estimate of drug-likeness (QED) is 0.748. The standard InChI is InChI=1S/C9H7F6NO2/c10-6(11)8(14)17-4-1-2-16-5(3-4)18-9(15)7(12)13/h1-3,6-9H. The molecule has 0 amide bonds. The number of aromatic nitrogens is 1. The number of ether oxygens (including phenoxy) is 2. The van der Waals surface area contributed by atoms with Gasteiger partial charge < -0.3 is 9.47 Å². The first-order valence-corrected chi connectivity index (χ1v) is 4.54. The van der Waals surface area contributed by atoms with Gasteiger partial charge in [-0.15, -0.1) is 0 Å². The van der Waals surface area contributed by atoms with Crippen LogP contribution < -0.4 is 9.47 Å². The minimum absolute atomic E-state index is 0.450. The Balaban J connectivity index is 2.67. The monoisotopic (exact) mass is 275 g/mol. The molecule has 3 nitrogen and oxygen atoms in total. The molecule has 0 aliphatic rings. The number of pyridine rings is 1. The SMILES string of the molecule is FC(F)C(F)Oc1ccnc(OC(F)C(F)F)c1. The van der Waals surface area contributed by atoms with E-state index in [1.807, 2.05) is 0 Å². The lowest BCUT2D eigenvalue weighted by Crippen LogP contribution is -2.21. The van der Waals surface area contributed by atoms with Crippen LogP contribution in [0.4, 0.5) is 26.3 Å². The highest BCUT2D eigenvalue weighted by atomic mass is 19.3. The van der Waals surface area contributed by atoms with Crippen molar-refractivity contribution >= 4 is 0 Å². The highest BCUT2D eigenvalue weighted by Crippen LogP contribution is 2.22. The van der Waals surface area contributed by atoms with E-state index in [0.29, 0.717) is 6.07 Å². The lowest BCUT2D eigenvalue weighted by molar-refractivity contribution is -0.0720. The Bertz CT molecular complexity index is 347. The topological polar surface area (TPSA) is 31.4 Å². The summed E-state index contributed by atoms with van der Waals surface area (Å²) in [6, 6.07) is 1.70. The van der Waals surface area contributed by atoms with Crippen LogP contribution in [0.5, 0.6) is 11.6 Å². The van der Waals surface area contributed by atoms with Gasteiger partial charge in [-0.2, -0.15) is 8.78 Å². The lowest BCUT2D eigenvalue weighted by atomic mass is 10.4. The molecule has 2 atom stereocenters. The van der Waals surface area contributed by atoms with E-state index < -0.39 is 37.2 Å². The Hall–Kier alpha value is -1.67. The zero-order valence-electron chi connectivity index (χ0n) is 8.57. The van der Waals surface area contributed by atoms with Gasteiger partial charge in [0.1, 0.15) is 5.75 Å². The maximum absolute atomic E-state index is 12.5. The molecular formula is C9H7F6NO2. The molecule has 1 rings (SSSR count). The second kappa shape index (κ2) is 6.31. The molecule has 0 bridgehead atoms. The number of hydrogen-bond donors (Lipinski definition) is 0. The molecular weight excluding hydrogens is 268 g/mol. The van der Waals surface area contributed by atoms with Gasteiger partial charge in [-0.25, -0.2) is 22.5 Å². The molecule has 18 heavy (non-hydrogen) atoms. The minimum Gasteiger partial charge on any atom is -0.454 e. The molecule has 0 fully saturated rings. The predicted octanol–water partition coefficient (Wildman–Crippen LogP) is 2.96. The normalized spacial score (nSPS) is 14.7. The van der Waals surface area contributed by atoms with Crippen molar-refractivity contribution in [1.82, 2.24) is 4.98 Å². The van der Waals surface area contributed by atoms with Gasteiger partial charge in [-0.3, -0.25) is 0 Å². The van der Waals surface area contributed by atoms with Crippen molar-refractivity contribution in [2.75, 3.05) is 0 Å². The highest BCUT2D eigenvalue weighted by molar-refractivity contribution is 5.26. The van der Waals surface area contributed by atoms with Gasteiger partial charge in [0.25, 0.3) is 12.7 Å². The van der Waals surface area contributed by atoms with Gasteiger partial charge in [-0.05, 0) is 6.07 Å². The van der Waals surface area contributed by atoms with Gasteiger partial charge in [-0.1, -0.05) is 0 Å². The molecule has 2 unspecified atom stereocenters. The molecule has 0 N–H and O–H groups in total. The lowest BCUT2D eigenvalue weighted by Gasteiger charge is -2.12. The van der Waals surface area contributed by atoms with Crippen molar-refractivity contribution in [3.05, 3.63) is 18.3 Å². The highest BCUT2D eigenvalue weighted by Gasteiger charge is 2.23. The first-order valence-electron chi connectivity index (χ1n) is 4.54. The van der Waals surface area contributed by atoms with Crippen molar-refractivity contribution in [3.63, 3.8) is 0 Å². The summed E-state index contributed by atoms with van der Waals surface area (Å²) in [5.41, 5.74) is 0. The Kier molecular flexibility index (Phi) is 5.05. The van der Waals surface area contributed by atoms with Crippen LogP contribution in [0.2, 0.25) is 0 Å². The van der Waals surface area contributed by atoms with Crippen LogP contribution in [0.25, 0.3) is 0 Å². The second-order valence-corrected chi connectivity index (χ2v) is 2.94. The van der Waals surface area contributed by atoms with E-state index in [-0.39, 0.29) is 0 Å². The van der Waals surface area contributed by atoms with Crippen molar-refractivity contribution in [2.24, 2.45) is 0 Å². The molecule has 102 valence electrons. The number of halogens is 6. The Morgan fingerprint density at radius 3 is 2.00 bits per heavy atom. The molecule has 9 heteroatoms. The summed E-state index contributed by atoms with van der Waals surface area (Å²) >= 11 is 0. The van der Waals surface area contributed by atoms with E-state index in [1.54, 1.807) is 0 Å². The molecule has 0 saturated heterocycles. The summed E-state index contributed by atoms with van der Waals surface area (Å²) in [5.74, 6) is -1.09. The van der Waals surface area contributed by atoms with Crippen LogP contribution >= 0.6 is 0 Å². The number of rotatable bonds is 6. The third-order valence-electron chi connectivity index (χ3n) is 1.58. The van der Waals surface area contributed by atoms with E-state index in [4.69, 9.17) is 0 Å². The van der Waals surface area contributed by atoms with E-state index in [1.165, 1.54) is 0 Å². The smallest absolute Gasteiger partial charge is 0.304 e. The third-order valence-corrected chi connectivity index (χ3v) is 1.58. The summed E-state index contributed by atoms with van der Waals surface area (Å²) in [5, 5.41) is 0. The van der Waals surface area contributed by atoms with E-state index in [0.717, 1.165) is 12.3 Å². The number of hydrogen-bond acceptors (Lipinski definition) is 3. The zero-order valence-corrected chi connectivity index (χ0v) is 8.57. The van der Waals surface area contributed by atoms with Gasteiger partial charge in [0.15, 0.2) is 0 Å². The average molecular weight is 275 g/mol. The van der Waals surface area contributed by atoms with Crippen LogP contribution in [0, 0.1) is 0 Å². The van der Waals surface area contributed by atoms with Crippen molar-refractivity contribution in [2.45, 2.75) is 25.6 Å². The fraction of sp³-hybridized carbons (Fsp3) is 0.444. The average Bonchev–Trinajstić information content (AvgIpc) is 2.29. The maximum atomic E-state index is 12.5. The van der Waals surface area contributed by atoms with Crippen molar-refractivity contribution < 1.29 is 35.8 Å². The molecule has 1 aromatic rings. The third kappa shape index (κ3) is 4.30. The minimum atomic E-state index is -3.40. The molecule has 1 aromatic heterocycles. The Morgan fingerprint density at radius 1 is 0.889 bits per heavy atom. The van der Waals surface area contributed by atoms with Crippen molar-refractivity contribution in [3.8, 4) is 11.6 Å². The summed E-state index contributed by atoms with van der Waals surface area (Å²) < 4.78 is 80.4. The fourth-order valence-corrected chi connectivity index (χ4v) is 0.877. The van der Waals surface area contributed by atoms with Gasteiger partial charge in [0, 0.05) is 12.3 Å². The van der Waals surface area contributed by atoms with Crippen LogP contribution in [-0.4, -0.2) is 30.6 Å². The van der Waals surface area contributed by atoms with Gasteiger partial charge >= 0.3 is 12.9 Å². The second-order valence-electron chi connectivity index (χ2n) is 2.94. The van der Waals surface area contributed by atoms with Crippen LogP contribution in [0.15, 0.2) is 18.3 Å². The van der Waals surface area contributed by atoms with Crippen LogP contribution in [0.3, 0.4) is 0 Å². The number of nitrogens with zero attached hydrogens (tertiary/aromatic N) is 1. The number of alkyl halides is 6. The molecule has 0 aromatic carbocycles. The molecule has 0 aliphatic heterocycles. The van der Waals surface area contributed by atoms with E-state index in [9.17, 15) is 26.3 Å². The van der Waals surface area contributed by atoms with Crippen LogP contribution in [0.1, 0.15) is 0 Å². The predicted molar refractivity (Wildman–Crippen MR) is 47.3 cm³/mol. The van der Waals surface area contributed by atoms with E-state index in [2.05, 4.69) is 14.5 Å². The molecule has 0 saturated carbocycles.